The first-order valence-electron chi connectivity index (χ1n) is 8.23. The third-order valence-electron chi connectivity index (χ3n) is 3.89. The number of thiazole rings is 1. The smallest absolute Gasteiger partial charge is 0.410 e. The van der Waals surface area contributed by atoms with Gasteiger partial charge in [-0.2, -0.15) is 0 Å². The molecule has 7 nitrogen and oxygen atoms in total. The Hall–Kier alpha value is -1.96. The van der Waals surface area contributed by atoms with Crippen molar-refractivity contribution >= 4 is 29.2 Å². The average Bonchev–Trinajstić information content (AvgIpc) is 3.00. The highest BCUT2D eigenvalue weighted by Gasteiger charge is 2.52. The lowest BCUT2D eigenvalue weighted by molar-refractivity contribution is -0.163. The van der Waals surface area contributed by atoms with Crippen molar-refractivity contribution in [1.82, 2.24) is 9.88 Å². The quantitative estimate of drug-likeness (QED) is 0.599. The van der Waals surface area contributed by atoms with Crippen LogP contribution in [-0.4, -0.2) is 53.0 Å². The minimum absolute atomic E-state index is 0.0584. The van der Waals surface area contributed by atoms with Crippen molar-refractivity contribution in [3.63, 3.8) is 0 Å². The van der Waals surface area contributed by atoms with E-state index in [0.29, 0.717) is 5.69 Å². The SMILES string of the molecule is CCOC(=O)[C@@]1(Cc2cscn2)CN(C(=O)OC(C)(C)C)CCC1=O. The highest BCUT2D eigenvalue weighted by Crippen LogP contribution is 2.33. The summed E-state index contributed by atoms with van der Waals surface area (Å²) in [5, 5.41) is 1.79. The number of rotatable bonds is 4. The zero-order chi connectivity index (χ0) is 18.7. The number of aromatic nitrogens is 1. The number of likely N-dealkylation sites (tertiary alicyclic amines) is 1. The Bertz CT molecular complexity index is 638. The normalized spacial score (nSPS) is 21.1. The number of esters is 1. The third kappa shape index (κ3) is 4.56. The number of carbonyl (C=O) groups excluding carboxylic acids is 3. The van der Waals surface area contributed by atoms with Crippen LogP contribution in [0.2, 0.25) is 0 Å². The molecule has 0 N–H and O–H groups in total. The maximum atomic E-state index is 12.7. The summed E-state index contributed by atoms with van der Waals surface area (Å²) in [5.74, 6) is -0.833. The highest BCUT2D eigenvalue weighted by molar-refractivity contribution is 7.07. The number of nitrogens with zero attached hydrogens (tertiary/aromatic N) is 2. The molecule has 1 fully saturated rings. The summed E-state index contributed by atoms with van der Waals surface area (Å²) in [4.78, 5) is 43.4. The minimum Gasteiger partial charge on any atom is -0.465 e. The highest BCUT2D eigenvalue weighted by atomic mass is 32.1. The van der Waals surface area contributed by atoms with Gasteiger partial charge in [0, 0.05) is 31.3 Å². The number of hydrogen-bond donors (Lipinski definition) is 0. The molecule has 2 rings (SSSR count). The molecule has 1 aromatic rings. The minimum atomic E-state index is -1.43. The lowest BCUT2D eigenvalue weighted by Gasteiger charge is -2.39. The van der Waals surface area contributed by atoms with Gasteiger partial charge in [-0.3, -0.25) is 9.59 Å². The Morgan fingerprint density at radius 1 is 1.40 bits per heavy atom. The van der Waals surface area contributed by atoms with Crippen LogP contribution < -0.4 is 0 Å². The molecule has 138 valence electrons. The lowest BCUT2D eigenvalue weighted by atomic mass is 9.75. The van der Waals surface area contributed by atoms with E-state index in [1.165, 1.54) is 16.2 Å². The van der Waals surface area contributed by atoms with Gasteiger partial charge in [-0.05, 0) is 27.7 Å². The van der Waals surface area contributed by atoms with E-state index in [4.69, 9.17) is 9.47 Å². The van der Waals surface area contributed by atoms with E-state index in [9.17, 15) is 14.4 Å². The van der Waals surface area contributed by atoms with Gasteiger partial charge >= 0.3 is 12.1 Å². The van der Waals surface area contributed by atoms with E-state index in [-0.39, 0.29) is 38.3 Å². The molecule has 1 aromatic heterocycles. The molecule has 1 amide bonds. The van der Waals surface area contributed by atoms with Gasteiger partial charge in [0.25, 0.3) is 0 Å². The van der Waals surface area contributed by atoms with Gasteiger partial charge in [-0.15, -0.1) is 11.3 Å². The predicted molar refractivity (Wildman–Crippen MR) is 92.3 cm³/mol. The van der Waals surface area contributed by atoms with Crippen molar-refractivity contribution < 1.29 is 23.9 Å². The second-order valence-corrected chi connectivity index (χ2v) is 7.75. The van der Waals surface area contributed by atoms with Crippen LogP contribution in [0.5, 0.6) is 0 Å². The first kappa shape index (κ1) is 19.4. The first-order chi connectivity index (χ1) is 11.7. The van der Waals surface area contributed by atoms with Gasteiger partial charge < -0.3 is 14.4 Å². The van der Waals surface area contributed by atoms with Crippen molar-refractivity contribution in [2.75, 3.05) is 19.7 Å². The van der Waals surface area contributed by atoms with Crippen LogP contribution in [0.3, 0.4) is 0 Å². The molecule has 2 heterocycles. The molecule has 1 saturated heterocycles. The molecular formula is C17H24N2O5S. The van der Waals surface area contributed by atoms with E-state index >= 15 is 0 Å². The molecule has 0 spiro atoms. The summed E-state index contributed by atoms with van der Waals surface area (Å²) in [7, 11) is 0. The summed E-state index contributed by atoms with van der Waals surface area (Å²) in [5.41, 5.74) is 0.198. The van der Waals surface area contributed by atoms with Gasteiger partial charge in [0.05, 0.1) is 17.8 Å². The maximum absolute atomic E-state index is 12.7. The standard InChI is InChI=1S/C17H24N2O5S/c1-5-23-14(21)17(8-12-9-25-11-18-12)10-19(7-6-13(17)20)15(22)24-16(2,3)4/h9,11H,5-8,10H2,1-4H3/t17-/m0/s1. The molecule has 1 aliphatic heterocycles. The second-order valence-electron chi connectivity index (χ2n) is 7.03. The van der Waals surface area contributed by atoms with Crippen LogP contribution in [0.1, 0.15) is 39.8 Å². The average molecular weight is 368 g/mol. The third-order valence-corrected chi connectivity index (χ3v) is 4.52. The van der Waals surface area contributed by atoms with Gasteiger partial charge in [-0.25, -0.2) is 9.78 Å². The van der Waals surface area contributed by atoms with Crippen LogP contribution in [0.15, 0.2) is 10.9 Å². The van der Waals surface area contributed by atoms with Gasteiger partial charge in [0.2, 0.25) is 0 Å². The molecule has 25 heavy (non-hydrogen) atoms. The molecule has 0 radical (unpaired) electrons. The molecular weight excluding hydrogens is 344 g/mol. The van der Waals surface area contributed by atoms with E-state index in [2.05, 4.69) is 4.98 Å². The number of Topliss-reactive ketones (excluding diaryl/α,β-unsaturated/α-hetero) is 1. The fourth-order valence-electron chi connectivity index (χ4n) is 2.76. The van der Waals surface area contributed by atoms with Crippen LogP contribution in [-0.2, 0) is 25.5 Å². The van der Waals surface area contributed by atoms with Crippen LogP contribution in [0.4, 0.5) is 4.79 Å². The van der Waals surface area contributed by atoms with Crippen molar-refractivity contribution in [3.8, 4) is 0 Å². The summed E-state index contributed by atoms with van der Waals surface area (Å²) in [6.45, 7) is 7.34. The Labute approximate surface area is 151 Å². The monoisotopic (exact) mass is 368 g/mol. The molecule has 0 bridgehead atoms. The predicted octanol–water partition coefficient (Wildman–Crippen LogP) is 2.45. The van der Waals surface area contributed by atoms with E-state index in [1.54, 1.807) is 38.6 Å². The molecule has 0 saturated carbocycles. The number of carbonyl (C=O) groups is 3. The second kappa shape index (κ2) is 7.51. The van der Waals surface area contributed by atoms with Crippen molar-refractivity contribution in [2.45, 2.75) is 46.1 Å². The molecule has 0 unspecified atom stereocenters. The molecule has 1 atom stereocenters. The zero-order valence-electron chi connectivity index (χ0n) is 15.0. The van der Waals surface area contributed by atoms with E-state index < -0.39 is 23.1 Å². The summed E-state index contributed by atoms with van der Waals surface area (Å²) < 4.78 is 10.6. The van der Waals surface area contributed by atoms with Crippen molar-refractivity contribution in [1.29, 1.82) is 0 Å². The van der Waals surface area contributed by atoms with Gasteiger partial charge in [0.15, 0.2) is 5.78 Å². The Kier molecular flexibility index (Phi) is 5.82. The number of amides is 1. The topological polar surface area (TPSA) is 85.8 Å². The number of ether oxygens (including phenoxy) is 2. The summed E-state index contributed by atoms with van der Waals surface area (Å²) in [6.07, 6.45) is -0.331. The van der Waals surface area contributed by atoms with Gasteiger partial charge in [0.1, 0.15) is 11.0 Å². The van der Waals surface area contributed by atoms with Crippen molar-refractivity contribution in [2.24, 2.45) is 5.41 Å². The lowest BCUT2D eigenvalue weighted by Crippen LogP contribution is -2.57. The largest absolute Gasteiger partial charge is 0.465 e. The molecule has 0 aromatic carbocycles. The zero-order valence-corrected chi connectivity index (χ0v) is 15.9. The number of piperidine rings is 1. The molecule has 0 aliphatic carbocycles. The maximum Gasteiger partial charge on any atom is 0.410 e. The summed E-state index contributed by atoms with van der Waals surface area (Å²) >= 11 is 1.39. The molecule has 8 heteroatoms. The van der Waals surface area contributed by atoms with Crippen LogP contribution in [0.25, 0.3) is 0 Å². The van der Waals surface area contributed by atoms with E-state index in [0.717, 1.165) is 0 Å². The van der Waals surface area contributed by atoms with Crippen LogP contribution >= 0.6 is 11.3 Å². The Balaban J connectivity index is 2.29. The fourth-order valence-corrected chi connectivity index (χ4v) is 3.32. The number of hydrogen-bond acceptors (Lipinski definition) is 7. The fraction of sp³-hybridized carbons (Fsp3) is 0.647. The first-order valence-corrected chi connectivity index (χ1v) is 9.18. The van der Waals surface area contributed by atoms with Crippen LogP contribution in [0, 0.1) is 5.41 Å². The van der Waals surface area contributed by atoms with Gasteiger partial charge in [-0.1, -0.05) is 0 Å². The molecule has 1 aliphatic rings. The summed E-state index contributed by atoms with van der Waals surface area (Å²) in [6, 6.07) is 0. The van der Waals surface area contributed by atoms with E-state index in [1.807, 2.05) is 0 Å². The Morgan fingerprint density at radius 2 is 2.12 bits per heavy atom. The Morgan fingerprint density at radius 3 is 2.68 bits per heavy atom. The number of ketones is 1. The van der Waals surface area contributed by atoms with Crippen molar-refractivity contribution in [3.05, 3.63) is 16.6 Å².